The summed E-state index contributed by atoms with van der Waals surface area (Å²) < 4.78 is 11.2. The van der Waals surface area contributed by atoms with Crippen LogP contribution in [0, 0.1) is 26.7 Å². The second-order valence-corrected chi connectivity index (χ2v) is 13.5. The molecule has 0 bridgehead atoms. The summed E-state index contributed by atoms with van der Waals surface area (Å²) in [6.07, 6.45) is 5.43. The van der Waals surface area contributed by atoms with Crippen molar-refractivity contribution in [1.29, 1.82) is 0 Å². The van der Waals surface area contributed by atoms with E-state index in [0.29, 0.717) is 29.1 Å². The molecule has 3 fully saturated rings. The van der Waals surface area contributed by atoms with E-state index in [1.54, 1.807) is 0 Å². The summed E-state index contributed by atoms with van der Waals surface area (Å²) in [6, 6.07) is 16.1. The van der Waals surface area contributed by atoms with E-state index in [0.717, 1.165) is 105 Å². The Balaban J connectivity index is 1.24. The van der Waals surface area contributed by atoms with Crippen molar-refractivity contribution in [2.45, 2.75) is 84.3 Å². The Morgan fingerprint density at radius 2 is 1.63 bits per heavy atom. The van der Waals surface area contributed by atoms with Gasteiger partial charge in [0.2, 0.25) is 0 Å². The first kappa shape index (κ1) is 32.5. The number of aromatic amines is 1. The van der Waals surface area contributed by atoms with Crippen LogP contribution in [0.15, 0.2) is 47.3 Å². The summed E-state index contributed by atoms with van der Waals surface area (Å²) in [5.41, 5.74) is 8.30. The van der Waals surface area contributed by atoms with E-state index in [1.165, 1.54) is 12.0 Å². The fraction of sp³-hybridized carbons (Fsp3) is 0.526. The van der Waals surface area contributed by atoms with Crippen molar-refractivity contribution >= 4 is 11.6 Å². The number of carbonyl (C=O) groups excluding carboxylic acids is 1. The van der Waals surface area contributed by atoms with E-state index in [4.69, 9.17) is 9.47 Å². The molecular weight excluding hydrogens is 576 g/mol. The van der Waals surface area contributed by atoms with Crippen LogP contribution in [-0.4, -0.2) is 62.5 Å². The molecule has 8 heteroatoms. The summed E-state index contributed by atoms with van der Waals surface area (Å²) in [6.45, 7) is 13.4. The Morgan fingerprint density at radius 3 is 2.30 bits per heavy atom. The quantitative estimate of drug-likeness (QED) is 0.250. The van der Waals surface area contributed by atoms with E-state index >= 15 is 0 Å². The monoisotopic (exact) mass is 626 g/mol. The Morgan fingerprint density at radius 1 is 0.935 bits per heavy atom. The Labute approximate surface area is 273 Å². The number of carbonyl (C=O) groups is 1. The standard InChI is InChI=1S/C38H50N4O4/c1-5-42(31-12-16-46-17-13-31)36-20-30(19-32(26(36)4)37(43)40-23-34-24(2)18-25(3)41-38(34)44)28-6-8-29(9-7-28)33-21-35(33)39-22-27-10-14-45-15-11-27/h6-9,18-20,27,31,33,35,39H,5,10-17,21-23H2,1-4H3,(H,40,43)(H,41,44)/t33-,35+/m0/s1. The molecule has 1 saturated carbocycles. The maximum absolute atomic E-state index is 13.8. The van der Waals surface area contributed by atoms with Gasteiger partial charge in [-0.2, -0.15) is 0 Å². The van der Waals surface area contributed by atoms with Crippen molar-refractivity contribution in [1.82, 2.24) is 15.6 Å². The molecule has 0 spiro atoms. The zero-order chi connectivity index (χ0) is 32.2. The van der Waals surface area contributed by atoms with Gasteiger partial charge in [0.25, 0.3) is 11.5 Å². The molecular formula is C38H50N4O4. The summed E-state index contributed by atoms with van der Waals surface area (Å²) >= 11 is 0. The Kier molecular flexibility index (Phi) is 10.3. The molecule has 1 aliphatic carbocycles. The predicted octanol–water partition coefficient (Wildman–Crippen LogP) is 5.77. The maximum atomic E-state index is 13.8. The lowest BCUT2D eigenvalue weighted by Crippen LogP contribution is -2.40. The Hall–Kier alpha value is -3.46. The van der Waals surface area contributed by atoms with Gasteiger partial charge in [0.1, 0.15) is 0 Å². The lowest BCUT2D eigenvalue weighted by atomic mass is 9.94. The molecule has 2 saturated heterocycles. The summed E-state index contributed by atoms with van der Waals surface area (Å²) in [7, 11) is 0. The first-order chi connectivity index (χ1) is 22.3. The number of aryl methyl sites for hydroxylation is 2. The summed E-state index contributed by atoms with van der Waals surface area (Å²) in [5.74, 6) is 1.11. The van der Waals surface area contributed by atoms with E-state index in [2.05, 4.69) is 57.8 Å². The van der Waals surface area contributed by atoms with Gasteiger partial charge in [-0.1, -0.05) is 24.3 Å². The lowest BCUT2D eigenvalue weighted by Gasteiger charge is -2.37. The Bertz CT molecular complexity index is 1570. The molecule has 1 aromatic heterocycles. The highest BCUT2D eigenvalue weighted by Crippen LogP contribution is 2.42. The number of pyridine rings is 1. The molecule has 3 heterocycles. The van der Waals surface area contributed by atoms with Gasteiger partial charge in [-0.25, -0.2) is 0 Å². The van der Waals surface area contributed by atoms with E-state index < -0.39 is 0 Å². The third-order valence-corrected chi connectivity index (χ3v) is 10.3. The SMILES string of the molecule is CCN(c1cc(-c2ccc([C@@H]3C[C@H]3NCC3CCOCC3)cc2)cc(C(=O)NCc2c(C)cc(C)[nH]c2=O)c1C)C1CCOCC1. The minimum absolute atomic E-state index is 0.155. The van der Waals surface area contributed by atoms with E-state index in [-0.39, 0.29) is 18.0 Å². The smallest absolute Gasteiger partial charge is 0.253 e. The largest absolute Gasteiger partial charge is 0.381 e. The number of H-pyrrole nitrogens is 1. The first-order valence-electron chi connectivity index (χ1n) is 17.2. The lowest BCUT2D eigenvalue weighted by molar-refractivity contribution is 0.0662. The number of hydrogen-bond acceptors (Lipinski definition) is 6. The van der Waals surface area contributed by atoms with Gasteiger partial charge in [-0.05, 0) is 118 Å². The number of amides is 1. The second kappa shape index (κ2) is 14.5. The van der Waals surface area contributed by atoms with Crippen LogP contribution in [0.1, 0.15) is 83.3 Å². The zero-order valence-electron chi connectivity index (χ0n) is 27.9. The molecule has 3 aliphatic rings. The van der Waals surface area contributed by atoms with Gasteiger partial charge in [-0.15, -0.1) is 0 Å². The molecule has 8 nitrogen and oxygen atoms in total. The van der Waals surface area contributed by atoms with Gasteiger partial charge < -0.3 is 30.0 Å². The number of hydrogen-bond donors (Lipinski definition) is 3. The third-order valence-electron chi connectivity index (χ3n) is 10.3. The van der Waals surface area contributed by atoms with Gasteiger partial charge >= 0.3 is 0 Å². The molecule has 2 aliphatic heterocycles. The number of rotatable bonds is 11. The average Bonchev–Trinajstić information content (AvgIpc) is 3.85. The van der Waals surface area contributed by atoms with Crippen LogP contribution >= 0.6 is 0 Å². The number of nitrogens with zero attached hydrogens (tertiary/aromatic N) is 1. The van der Waals surface area contributed by atoms with Crippen LogP contribution in [0.4, 0.5) is 5.69 Å². The minimum atomic E-state index is -0.170. The van der Waals surface area contributed by atoms with E-state index in [9.17, 15) is 9.59 Å². The molecule has 2 atom stereocenters. The van der Waals surface area contributed by atoms with Gasteiger partial charge in [0.05, 0.1) is 0 Å². The topological polar surface area (TPSA) is 95.7 Å². The van der Waals surface area contributed by atoms with Crippen molar-refractivity contribution in [3.05, 3.63) is 86.3 Å². The van der Waals surface area contributed by atoms with Crippen LogP contribution in [-0.2, 0) is 16.0 Å². The highest BCUT2D eigenvalue weighted by atomic mass is 16.5. The number of nitrogens with one attached hydrogen (secondary N) is 3. The van der Waals surface area contributed by atoms with Crippen molar-refractivity contribution in [2.75, 3.05) is 44.4 Å². The normalized spacial score (nSPS) is 20.4. The summed E-state index contributed by atoms with van der Waals surface area (Å²) in [4.78, 5) is 31.8. The van der Waals surface area contributed by atoms with Crippen molar-refractivity contribution in [3.8, 4) is 11.1 Å². The molecule has 1 amide bonds. The molecule has 46 heavy (non-hydrogen) atoms. The summed E-state index contributed by atoms with van der Waals surface area (Å²) in [5, 5.41) is 6.86. The first-order valence-corrected chi connectivity index (χ1v) is 17.2. The second-order valence-electron chi connectivity index (χ2n) is 13.5. The third kappa shape index (κ3) is 7.40. The van der Waals surface area contributed by atoms with Crippen molar-refractivity contribution < 1.29 is 14.3 Å². The van der Waals surface area contributed by atoms with Gasteiger partial charge in [-0.3, -0.25) is 9.59 Å². The molecule has 3 aromatic rings. The van der Waals surface area contributed by atoms with Crippen LogP contribution in [0.5, 0.6) is 0 Å². The molecule has 0 unspecified atom stereocenters. The van der Waals surface area contributed by atoms with E-state index in [1.807, 2.05) is 32.9 Å². The number of ether oxygens (including phenoxy) is 2. The van der Waals surface area contributed by atoms with Gasteiger partial charge in [0, 0.05) is 80.0 Å². The number of benzene rings is 2. The maximum Gasteiger partial charge on any atom is 0.253 e. The highest BCUT2D eigenvalue weighted by Gasteiger charge is 2.38. The molecule has 246 valence electrons. The average molecular weight is 627 g/mol. The fourth-order valence-electron chi connectivity index (χ4n) is 7.37. The minimum Gasteiger partial charge on any atom is -0.381 e. The van der Waals surface area contributed by atoms with Crippen LogP contribution in [0.2, 0.25) is 0 Å². The van der Waals surface area contributed by atoms with Crippen LogP contribution in [0.25, 0.3) is 11.1 Å². The van der Waals surface area contributed by atoms with Crippen molar-refractivity contribution in [3.63, 3.8) is 0 Å². The van der Waals surface area contributed by atoms with Crippen LogP contribution in [0.3, 0.4) is 0 Å². The van der Waals surface area contributed by atoms with Gasteiger partial charge in [0.15, 0.2) is 0 Å². The molecule has 2 aromatic carbocycles. The predicted molar refractivity (Wildman–Crippen MR) is 184 cm³/mol. The fourth-order valence-corrected chi connectivity index (χ4v) is 7.37. The highest BCUT2D eigenvalue weighted by molar-refractivity contribution is 5.99. The molecule has 3 N–H and O–H groups in total. The number of anilines is 1. The number of aromatic nitrogens is 1. The van der Waals surface area contributed by atoms with Crippen LogP contribution < -0.4 is 21.1 Å². The molecule has 0 radical (unpaired) electrons. The van der Waals surface area contributed by atoms with Crippen molar-refractivity contribution in [2.24, 2.45) is 5.92 Å². The molecule has 6 rings (SSSR count). The zero-order valence-corrected chi connectivity index (χ0v) is 27.9.